The van der Waals surface area contributed by atoms with Crippen molar-refractivity contribution in [2.45, 2.75) is 31.7 Å². The molecule has 3 aromatic rings. The fraction of sp³-hybridized carbons (Fsp3) is 0.423. The Bertz CT molecular complexity index is 1160. The number of hydrogen-bond acceptors (Lipinski definition) is 7. The molecule has 9 nitrogen and oxygen atoms in total. The lowest BCUT2D eigenvalue weighted by Crippen LogP contribution is -2.51. The van der Waals surface area contributed by atoms with Crippen LogP contribution in [0.5, 0.6) is 11.5 Å². The van der Waals surface area contributed by atoms with E-state index in [1.807, 2.05) is 24.0 Å². The average Bonchev–Trinajstić information content (AvgIpc) is 2.89. The summed E-state index contributed by atoms with van der Waals surface area (Å²) in [5, 5.41) is 7.20. The van der Waals surface area contributed by atoms with Crippen molar-refractivity contribution >= 4 is 22.8 Å². The number of benzene rings is 2. The summed E-state index contributed by atoms with van der Waals surface area (Å²) in [6.45, 7) is 5.21. The fourth-order valence-corrected chi connectivity index (χ4v) is 4.78. The second-order valence-corrected chi connectivity index (χ2v) is 8.82. The number of likely N-dealkylation sites (tertiary alicyclic amines) is 1. The zero-order chi connectivity index (χ0) is 24.8. The second-order valence-electron chi connectivity index (χ2n) is 8.82. The van der Waals surface area contributed by atoms with Crippen LogP contribution in [-0.2, 0) is 12.0 Å². The van der Waals surface area contributed by atoms with E-state index in [0.29, 0.717) is 54.8 Å². The van der Waals surface area contributed by atoms with Gasteiger partial charge in [-0.3, -0.25) is 0 Å². The van der Waals surface area contributed by atoms with Crippen LogP contribution in [0.2, 0.25) is 0 Å². The van der Waals surface area contributed by atoms with Gasteiger partial charge < -0.3 is 30.7 Å². The Kier molecular flexibility index (Phi) is 7.55. The summed E-state index contributed by atoms with van der Waals surface area (Å²) >= 11 is 0. The highest BCUT2D eigenvalue weighted by molar-refractivity contribution is 5.90. The molecule has 0 unspecified atom stereocenters. The molecule has 0 aliphatic carbocycles. The minimum atomic E-state index is -0.0801. The van der Waals surface area contributed by atoms with Gasteiger partial charge in [0.2, 0.25) is 0 Å². The van der Waals surface area contributed by atoms with E-state index in [4.69, 9.17) is 20.2 Å². The summed E-state index contributed by atoms with van der Waals surface area (Å²) in [7, 11) is 3.18. The van der Waals surface area contributed by atoms with Crippen LogP contribution in [0, 0.1) is 0 Å². The summed E-state index contributed by atoms with van der Waals surface area (Å²) in [5.74, 6) is 2.20. The minimum Gasteiger partial charge on any atom is -0.493 e. The first-order valence-corrected chi connectivity index (χ1v) is 12.0. The molecule has 1 aliphatic heterocycles. The third kappa shape index (κ3) is 5.24. The molecule has 2 amide bonds. The molecule has 0 radical (unpaired) electrons. The van der Waals surface area contributed by atoms with E-state index in [-0.39, 0.29) is 11.4 Å². The van der Waals surface area contributed by atoms with E-state index in [2.05, 4.69) is 39.9 Å². The number of urea groups is 1. The molecule has 0 bridgehead atoms. The second kappa shape index (κ2) is 10.8. The number of nitrogens with two attached hydrogens (primary N) is 1. The molecule has 0 saturated carbocycles. The maximum Gasteiger partial charge on any atom is 0.317 e. The number of nitrogen functional groups attached to an aromatic ring is 1. The Morgan fingerprint density at radius 3 is 2.43 bits per heavy atom. The molecular formula is C26H34N6O3. The quantitative estimate of drug-likeness (QED) is 0.456. The van der Waals surface area contributed by atoms with Gasteiger partial charge >= 0.3 is 6.03 Å². The fourth-order valence-electron chi connectivity index (χ4n) is 4.78. The Labute approximate surface area is 206 Å². The summed E-state index contributed by atoms with van der Waals surface area (Å²) in [6, 6.07) is 14.1. The van der Waals surface area contributed by atoms with Crippen LogP contribution in [0.15, 0.2) is 42.5 Å². The Morgan fingerprint density at radius 1 is 1.09 bits per heavy atom. The summed E-state index contributed by atoms with van der Waals surface area (Å²) in [6.07, 6.45) is 1.75. The predicted octanol–water partition coefficient (Wildman–Crippen LogP) is 3.08. The van der Waals surface area contributed by atoms with Crippen molar-refractivity contribution in [3.8, 4) is 11.5 Å². The van der Waals surface area contributed by atoms with Crippen molar-refractivity contribution in [2.24, 2.45) is 0 Å². The SMILES string of the molecule is CCNC(=O)N1CCC(CNCc2nc(N)c3cc(OC)c(OC)cc3n2)(c2ccccc2)CC1. The number of nitrogens with one attached hydrogen (secondary N) is 2. The van der Waals surface area contributed by atoms with Gasteiger partial charge in [-0.2, -0.15) is 0 Å². The maximum absolute atomic E-state index is 12.3. The predicted molar refractivity (Wildman–Crippen MR) is 137 cm³/mol. The molecule has 1 saturated heterocycles. The third-order valence-electron chi connectivity index (χ3n) is 6.75. The topological polar surface area (TPSA) is 115 Å². The van der Waals surface area contributed by atoms with Gasteiger partial charge in [0.25, 0.3) is 0 Å². The van der Waals surface area contributed by atoms with Crippen LogP contribution in [0.1, 0.15) is 31.2 Å². The van der Waals surface area contributed by atoms with Crippen molar-refractivity contribution in [1.82, 2.24) is 25.5 Å². The number of amides is 2. The molecule has 1 aliphatic rings. The van der Waals surface area contributed by atoms with E-state index >= 15 is 0 Å². The number of nitrogens with zero attached hydrogens (tertiary/aromatic N) is 3. The lowest BCUT2D eigenvalue weighted by atomic mass is 9.72. The average molecular weight is 479 g/mol. The summed E-state index contributed by atoms with van der Waals surface area (Å²) < 4.78 is 10.8. The summed E-state index contributed by atoms with van der Waals surface area (Å²) in [4.78, 5) is 23.4. The zero-order valence-corrected chi connectivity index (χ0v) is 20.6. The number of carbonyl (C=O) groups excluding carboxylic acids is 1. The van der Waals surface area contributed by atoms with Crippen molar-refractivity contribution in [3.05, 3.63) is 53.9 Å². The van der Waals surface area contributed by atoms with E-state index in [9.17, 15) is 4.79 Å². The van der Waals surface area contributed by atoms with Crippen LogP contribution < -0.4 is 25.8 Å². The number of piperidine rings is 1. The number of aromatic nitrogens is 2. The van der Waals surface area contributed by atoms with Gasteiger partial charge in [-0.05, 0) is 31.4 Å². The third-order valence-corrected chi connectivity index (χ3v) is 6.75. The highest BCUT2D eigenvalue weighted by atomic mass is 16.5. The number of methoxy groups -OCH3 is 2. The number of anilines is 1. The molecule has 35 heavy (non-hydrogen) atoms. The minimum absolute atomic E-state index is 0.00854. The Morgan fingerprint density at radius 2 is 1.77 bits per heavy atom. The maximum atomic E-state index is 12.3. The van der Waals surface area contributed by atoms with E-state index < -0.39 is 0 Å². The first-order valence-electron chi connectivity index (χ1n) is 12.0. The highest BCUT2D eigenvalue weighted by Crippen LogP contribution is 2.36. The molecule has 9 heteroatoms. The van der Waals surface area contributed by atoms with Gasteiger partial charge in [0.05, 0.1) is 26.3 Å². The molecule has 2 aromatic carbocycles. The number of carbonyl (C=O) groups is 1. The molecule has 4 N–H and O–H groups in total. The smallest absolute Gasteiger partial charge is 0.317 e. The number of rotatable bonds is 8. The molecule has 1 fully saturated rings. The largest absolute Gasteiger partial charge is 0.493 e. The molecule has 2 heterocycles. The Hall–Kier alpha value is -3.59. The number of hydrogen-bond donors (Lipinski definition) is 3. The monoisotopic (exact) mass is 478 g/mol. The summed E-state index contributed by atoms with van der Waals surface area (Å²) in [5.41, 5.74) is 8.16. The van der Waals surface area contributed by atoms with E-state index in [1.165, 1.54) is 5.56 Å². The first-order chi connectivity index (χ1) is 17.0. The van der Waals surface area contributed by atoms with E-state index in [0.717, 1.165) is 24.8 Å². The molecule has 0 atom stereocenters. The van der Waals surface area contributed by atoms with Crippen LogP contribution in [0.3, 0.4) is 0 Å². The molecule has 4 rings (SSSR count). The van der Waals surface area contributed by atoms with Gasteiger partial charge in [0.15, 0.2) is 11.5 Å². The standard InChI is InChI=1S/C26H34N6O3/c1-4-29-25(33)32-12-10-26(11-13-32,18-8-6-5-7-9-18)17-28-16-23-30-20-15-22(35-3)21(34-2)14-19(20)24(27)31-23/h5-9,14-15,28H,4,10-13,16-17H2,1-3H3,(H,29,33)(H2,27,30,31). The van der Waals surface area contributed by atoms with Crippen molar-refractivity contribution < 1.29 is 14.3 Å². The number of ether oxygens (including phenoxy) is 2. The zero-order valence-electron chi connectivity index (χ0n) is 20.6. The lowest BCUT2D eigenvalue weighted by Gasteiger charge is -2.42. The van der Waals surface area contributed by atoms with Gasteiger partial charge in [-0.15, -0.1) is 0 Å². The van der Waals surface area contributed by atoms with Crippen molar-refractivity contribution in [3.63, 3.8) is 0 Å². The van der Waals surface area contributed by atoms with Gasteiger partial charge in [0.1, 0.15) is 11.6 Å². The van der Waals surface area contributed by atoms with Crippen LogP contribution in [0.4, 0.5) is 10.6 Å². The normalized spacial score (nSPS) is 15.1. The molecule has 186 valence electrons. The molecule has 1 aromatic heterocycles. The van der Waals surface area contributed by atoms with Gasteiger partial charge in [-0.25, -0.2) is 14.8 Å². The van der Waals surface area contributed by atoms with Crippen molar-refractivity contribution in [2.75, 3.05) is 46.1 Å². The molecule has 0 spiro atoms. The molecular weight excluding hydrogens is 444 g/mol. The van der Waals surface area contributed by atoms with E-state index in [1.54, 1.807) is 20.3 Å². The van der Waals surface area contributed by atoms with Crippen LogP contribution in [-0.4, -0.2) is 61.3 Å². The van der Waals surface area contributed by atoms with Crippen LogP contribution >= 0.6 is 0 Å². The van der Waals surface area contributed by atoms with Gasteiger partial charge in [0, 0.05) is 43.0 Å². The number of fused-ring (bicyclic) bond motifs is 1. The van der Waals surface area contributed by atoms with Gasteiger partial charge in [-0.1, -0.05) is 30.3 Å². The first kappa shape index (κ1) is 24.5. The van der Waals surface area contributed by atoms with Crippen LogP contribution in [0.25, 0.3) is 10.9 Å². The Balaban J connectivity index is 1.50. The highest BCUT2D eigenvalue weighted by Gasteiger charge is 2.37. The van der Waals surface area contributed by atoms with Crippen molar-refractivity contribution in [1.29, 1.82) is 0 Å². The lowest BCUT2D eigenvalue weighted by molar-refractivity contribution is 0.156.